The van der Waals surface area contributed by atoms with Crippen molar-refractivity contribution in [3.05, 3.63) is 95.6 Å². The molecule has 1 aromatic carbocycles. The van der Waals surface area contributed by atoms with E-state index in [1.165, 1.54) is 0 Å². The number of rotatable bonds is 7. The van der Waals surface area contributed by atoms with Gasteiger partial charge in [0.05, 0.1) is 17.3 Å². The van der Waals surface area contributed by atoms with Gasteiger partial charge in [0.25, 0.3) is 5.91 Å². The van der Waals surface area contributed by atoms with Crippen LogP contribution in [0.5, 0.6) is 0 Å². The molecule has 5 nitrogen and oxygen atoms in total. The van der Waals surface area contributed by atoms with Crippen molar-refractivity contribution < 1.29 is 9.59 Å². The van der Waals surface area contributed by atoms with Crippen molar-refractivity contribution in [2.24, 2.45) is 0 Å². The monoisotopic (exact) mass is 357 g/mol. The second kappa shape index (κ2) is 9.20. The SMILES string of the molecule is O=CC(Cc1ccccc1)NC(=O)c1cccnc1/C=C/c1ccncc1. The topological polar surface area (TPSA) is 72.0 Å². The molecule has 0 aliphatic rings. The Hall–Kier alpha value is -3.60. The molecule has 0 saturated carbocycles. The number of aldehydes is 1. The second-order valence-corrected chi connectivity index (χ2v) is 5.96. The summed E-state index contributed by atoms with van der Waals surface area (Å²) in [5, 5.41) is 2.78. The largest absolute Gasteiger partial charge is 0.342 e. The molecule has 0 saturated heterocycles. The van der Waals surface area contributed by atoms with E-state index in [2.05, 4.69) is 15.3 Å². The Kier molecular flexibility index (Phi) is 6.20. The summed E-state index contributed by atoms with van der Waals surface area (Å²) in [4.78, 5) is 32.4. The van der Waals surface area contributed by atoms with Crippen LogP contribution >= 0.6 is 0 Å². The van der Waals surface area contributed by atoms with Crippen LogP contribution in [0.15, 0.2) is 73.2 Å². The van der Waals surface area contributed by atoms with Crippen LogP contribution in [-0.2, 0) is 11.2 Å². The molecule has 1 unspecified atom stereocenters. The number of benzene rings is 1. The highest BCUT2D eigenvalue weighted by Crippen LogP contribution is 2.11. The number of hydrogen-bond acceptors (Lipinski definition) is 4. The molecule has 3 rings (SSSR count). The third kappa shape index (κ3) is 5.19. The highest BCUT2D eigenvalue weighted by molar-refractivity contribution is 5.99. The van der Waals surface area contributed by atoms with Gasteiger partial charge in [0, 0.05) is 18.6 Å². The number of aromatic nitrogens is 2. The minimum absolute atomic E-state index is 0.328. The van der Waals surface area contributed by atoms with Crippen molar-refractivity contribution in [3.8, 4) is 0 Å². The van der Waals surface area contributed by atoms with Crippen molar-refractivity contribution in [1.82, 2.24) is 15.3 Å². The summed E-state index contributed by atoms with van der Waals surface area (Å²) < 4.78 is 0. The van der Waals surface area contributed by atoms with Gasteiger partial charge in [0.1, 0.15) is 6.29 Å². The summed E-state index contributed by atoms with van der Waals surface area (Å²) >= 11 is 0. The maximum atomic E-state index is 12.7. The highest BCUT2D eigenvalue weighted by atomic mass is 16.2. The minimum Gasteiger partial charge on any atom is -0.342 e. The Morgan fingerprint density at radius 1 is 0.963 bits per heavy atom. The molecule has 0 radical (unpaired) electrons. The van der Waals surface area contributed by atoms with Crippen LogP contribution in [0.1, 0.15) is 27.2 Å². The van der Waals surface area contributed by atoms with Crippen molar-refractivity contribution in [2.75, 3.05) is 0 Å². The van der Waals surface area contributed by atoms with Gasteiger partial charge in [-0.2, -0.15) is 0 Å². The highest BCUT2D eigenvalue weighted by Gasteiger charge is 2.16. The number of amides is 1. The molecular formula is C22H19N3O2. The third-order valence-electron chi connectivity index (χ3n) is 4.00. The van der Waals surface area contributed by atoms with E-state index in [0.29, 0.717) is 17.7 Å². The summed E-state index contributed by atoms with van der Waals surface area (Å²) in [6, 6.07) is 16.1. The molecule has 3 aromatic rings. The van der Waals surface area contributed by atoms with Crippen LogP contribution in [0.3, 0.4) is 0 Å². The van der Waals surface area contributed by atoms with Gasteiger partial charge in [-0.15, -0.1) is 0 Å². The zero-order valence-corrected chi connectivity index (χ0v) is 14.7. The van der Waals surface area contributed by atoms with Crippen LogP contribution in [0.25, 0.3) is 12.2 Å². The number of pyridine rings is 2. The number of nitrogens with one attached hydrogen (secondary N) is 1. The lowest BCUT2D eigenvalue weighted by Gasteiger charge is -2.13. The van der Waals surface area contributed by atoms with Crippen LogP contribution in [0.4, 0.5) is 0 Å². The zero-order valence-electron chi connectivity index (χ0n) is 14.7. The minimum atomic E-state index is -0.600. The van der Waals surface area contributed by atoms with E-state index in [0.717, 1.165) is 17.4 Å². The van der Waals surface area contributed by atoms with Crippen LogP contribution in [-0.4, -0.2) is 28.2 Å². The Bertz CT molecular complexity index is 925. The molecule has 0 aliphatic carbocycles. The number of nitrogens with zero attached hydrogens (tertiary/aromatic N) is 2. The van der Waals surface area contributed by atoms with Crippen LogP contribution < -0.4 is 5.32 Å². The summed E-state index contributed by atoms with van der Waals surface area (Å²) in [6.07, 6.45) is 9.86. The van der Waals surface area contributed by atoms with Crippen molar-refractivity contribution in [2.45, 2.75) is 12.5 Å². The van der Waals surface area contributed by atoms with Gasteiger partial charge in [0.2, 0.25) is 0 Å². The van der Waals surface area contributed by atoms with Gasteiger partial charge >= 0.3 is 0 Å². The second-order valence-electron chi connectivity index (χ2n) is 5.96. The molecule has 134 valence electrons. The van der Waals surface area contributed by atoms with Crippen LogP contribution in [0.2, 0.25) is 0 Å². The zero-order chi connectivity index (χ0) is 18.9. The lowest BCUT2D eigenvalue weighted by molar-refractivity contribution is -0.109. The summed E-state index contributed by atoms with van der Waals surface area (Å²) in [5.41, 5.74) is 2.90. The first-order valence-electron chi connectivity index (χ1n) is 8.59. The predicted molar refractivity (Wildman–Crippen MR) is 105 cm³/mol. The molecule has 1 atom stereocenters. The lowest BCUT2D eigenvalue weighted by atomic mass is 10.1. The van der Waals surface area contributed by atoms with E-state index in [1.807, 2.05) is 48.5 Å². The first kappa shape index (κ1) is 18.2. The lowest BCUT2D eigenvalue weighted by Crippen LogP contribution is -2.38. The normalized spacial score (nSPS) is 11.9. The van der Waals surface area contributed by atoms with Gasteiger partial charge in [-0.1, -0.05) is 36.4 Å². The third-order valence-corrected chi connectivity index (χ3v) is 4.00. The average molecular weight is 357 g/mol. The molecular weight excluding hydrogens is 338 g/mol. The number of carbonyl (C=O) groups is 2. The van der Waals surface area contributed by atoms with E-state index < -0.39 is 6.04 Å². The molecule has 27 heavy (non-hydrogen) atoms. The molecule has 2 aromatic heterocycles. The molecule has 0 spiro atoms. The van der Waals surface area contributed by atoms with Crippen LogP contribution in [0, 0.1) is 0 Å². The Labute approximate surface area is 157 Å². The fraction of sp³-hybridized carbons (Fsp3) is 0.0909. The number of carbonyl (C=O) groups excluding carboxylic acids is 2. The van der Waals surface area contributed by atoms with Crippen molar-refractivity contribution in [3.63, 3.8) is 0 Å². The van der Waals surface area contributed by atoms with Gasteiger partial charge < -0.3 is 10.1 Å². The van der Waals surface area contributed by atoms with Crippen molar-refractivity contribution >= 4 is 24.3 Å². The predicted octanol–water partition coefficient (Wildman–Crippen LogP) is 3.19. The molecule has 0 fully saturated rings. The smallest absolute Gasteiger partial charge is 0.254 e. The summed E-state index contributed by atoms with van der Waals surface area (Å²) in [5.74, 6) is -0.328. The molecule has 0 bridgehead atoms. The van der Waals surface area contributed by atoms with Gasteiger partial charge in [-0.25, -0.2) is 0 Å². The van der Waals surface area contributed by atoms with E-state index in [-0.39, 0.29) is 5.91 Å². The van der Waals surface area contributed by atoms with Gasteiger partial charge in [-0.3, -0.25) is 14.8 Å². The van der Waals surface area contributed by atoms with Gasteiger partial charge in [0.15, 0.2) is 0 Å². The molecule has 1 amide bonds. The quantitative estimate of drug-likeness (QED) is 0.659. The first-order valence-corrected chi connectivity index (χ1v) is 8.59. The number of hydrogen-bond donors (Lipinski definition) is 1. The summed E-state index contributed by atoms with van der Waals surface area (Å²) in [6.45, 7) is 0. The van der Waals surface area contributed by atoms with E-state index in [9.17, 15) is 9.59 Å². The average Bonchev–Trinajstić information content (AvgIpc) is 2.73. The Morgan fingerprint density at radius 3 is 2.48 bits per heavy atom. The molecule has 0 aliphatic heterocycles. The Morgan fingerprint density at radius 2 is 1.74 bits per heavy atom. The Balaban J connectivity index is 1.74. The molecule has 2 heterocycles. The van der Waals surface area contributed by atoms with E-state index >= 15 is 0 Å². The van der Waals surface area contributed by atoms with Gasteiger partial charge in [-0.05, 0) is 47.9 Å². The maximum Gasteiger partial charge on any atom is 0.254 e. The summed E-state index contributed by atoms with van der Waals surface area (Å²) in [7, 11) is 0. The fourth-order valence-corrected chi connectivity index (χ4v) is 2.64. The fourth-order valence-electron chi connectivity index (χ4n) is 2.64. The first-order chi connectivity index (χ1) is 13.3. The molecule has 1 N–H and O–H groups in total. The maximum absolute atomic E-state index is 12.7. The van der Waals surface area contributed by atoms with Crippen molar-refractivity contribution in [1.29, 1.82) is 0 Å². The van der Waals surface area contributed by atoms with E-state index in [1.54, 1.807) is 36.8 Å². The standard InChI is InChI=1S/C22H19N3O2/c26-16-19(15-18-5-2-1-3-6-18)25-22(27)20-7-4-12-24-21(20)9-8-17-10-13-23-14-11-17/h1-14,16,19H,15H2,(H,25,27)/b9-8+. The van der Waals surface area contributed by atoms with E-state index in [4.69, 9.17) is 0 Å². The molecule has 5 heteroatoms.